The Bertz CT molecular complexity index is 489. The molecule has 1 rings (SSSR count). The van der Waals surface area contributed by atoms with Crippen LogP contribution in [0.5, 0.6) is 17.2 Å². The Balaban J connectivity index is 2.78. The van der Waals surface area contributed by atoms with Crippen molar-refractivity contribution >= 4 is 5.91 Å². The molecule has 22 heavy (non-hydrogen) atoms. The standard InChI is InChI=1S/C15H24N2O5/c1-19-11(8-16)6-15(18)17-9-10-5-13(21-3)14(22-4)7-12(10)20-2/h5,7,11H,6,8-9,16H2,1-4H3,(H,17,18). The van der Waals surface area contributed by atoms with Crippen LogP contribution in [0, 0.1) is 0 Å². The summed E-state index contributed by atoms with van der Waals surface area (Å²) in [6.07, 6.45) is -0.0740. The molecular formula is C15H24N2O5. The number of hydrogen-bond acceptors (Lipinski definition) is 6. The van der Waals surface area contributed by atoms with Gasteiger partial charge < -0.3 is 30.0 Å². The third-order valence-electron chi connectivity index (χ3n) is 3.27. The topological polar surface area (TPSA) is 92.0 Å². The van der Waals surface area contributed by atoms with E-state index in [1.807, 2.05) is 0 Å². The van der Waals surface area contributed by atoms with Gasteiger partial charge in [-0.1, -0.05) is 0 Å². The van der Waals surface area contributed by atoms with Crippen LogP contribution < -0.4 is 25.3 Å². The van der Waals surface area contributed by atoms with Gasteiger partial charge in [-0.15, -0.1) is 0 Å². The largest absolute Gasteiger partial charge is 0.496 e. The monoisotopic (exact) mass is 312 g/mol. The van der Waals surface area contributed by atoms with E-state index in [9.17, 15) is 4.79 Å². The molecule has 1 atom stereocenters. The SMILES string of the molecule is COc1cc(OC)c(OC)cc1CNC(=O)CC(CN)OC. The molecule has 0 aliphatic heterocycles. The highest BCUT2D eigenvalue weighted by atomic mass is 16.5. The van der Waals surface area contributed by atoms with Crippen LogP contribution in [-0.2, 0) is 16.1 Å². The summed E-state index contributed by atoms with van der Waals surface area (Å²) in [6, 6.07) is 3.49. The number of ether oxygens (including phenoxy) is 4. The van der Waals surface area contributed by atoms with E-state index < -0.39 is 0 Å². The van der Waals surface area contributed by atoms with E-state index in [0.717, 1.165) is 5.56 Å². The van der Waals surface area contributed by atoms with Crippen LogP contribution in [-0.4, -0.2) is 47.0 Å². The van der Waals surface area contributed by atoms with E-state index in [0.29, 0.717) is 30.3 Å². The zero-order valence-corrected chi connectivity index (χ0v) is 13.5. The number of hydrogen-bond donors (Lipinski definition) is 2. The normalized spacial score (nSPS) is 11.7. The Morgan fingerprint density at radius 2 is 1.68 bits per heavy atom. The minimum atomic E-state index is -0.285. The van der Waals surface area contributed by atoms with Gasteiger partial charge in [-0.2, -0.15) is 0 Å². The van der Waals surface area contributed by atoms with E-state index in [1.165, 1.54) is 7.11 Å². The van der Waals surface area contributed by atoms with Crippen LogP contribution in [0.3, 0.4) is 0 Å². The summed E-state index contributed by atoms with van der Waals surface area (Å²) in [5, 5.41) is 2.81. The molecule has 0 aromatic heterocycles. The van der Waals surface area contributed by atoms with Crippen LogP contribution >= 0.6 is 0 Å². The second-order valence-electron chi connectivity index (χ2n) is 4.59. The Morgan fingerprint density at radius 3 is 2.18 bits per heavy atom. The van der Waals surface area contributed by atoms with Gasteiger partial charge in [-0.3, -0.25) is 4.79 Å². The molecule has 124 valence electrons. The molecule has 1 aromatic rings. The van der Waals surface area contributed by atoms with Crippen molar-refractivity contribution in [2.75, 3.05) is 35.0 Å². The van der Waals surface area contributed by atoms with Crippen molar-refractivity contribution in [2.45, 2.75) is 19.1 Å². The fourth-order valence-electron chi connectivity index (χ4n) is 1.97. The number of nitrogens with two attached hydrogens (primary N) is 1. The molecule has 0 spiro atoms. The fraction of sp³-hybridized carbons (Fsp3) is 0.533. The van der Waals surface area contributed by atoms with Crippen LogP contribution in [0.25, 0.3) is 0 Å². The molecule has 1 unspecified atom stereocenters. The first kappa shape index (κ1) is 18.1. The molecular weight excluding hydrogens is 288 g/mol. The van der Waals surface area contributed by atoms with Crippen LogP contribution in [0.1, 0.15) is 12.0 Å². The van der Waals surface area contributed by atoms with Gasteiger partial charge in [0, 0.05) is 31.8 Å². The third-order valence-corrected chi connectivity index (χ3v) is 3.27. The van der Waals surface area contributed by atoms with Crippen LogP contribution in [0.15, 0.2) is 12.1 Å². The number of rotatable bonds is 9. The van der Waals surface area contributed by atoms with Gasteiger partial charge in [-0.25, -0.2) is 0 Å². The quantitative estimate of drug-likeness (QED) is 0.697. The minimum Gasteiger partial charge on any atom is -0.496 e. The Labute approximate surface area is 130 Å². The maximum Gasteiger partial charge on any atom is 0.222 e. The molecule has 0 heterocycles. The zero-order valence-electron chi connectivity index (χ0n) is 13.5. The molecule has 1 aromatic carbocycles. The highest BCUT2D eigenvalue weighted by Gasteiger charge is 2.14. The van der Waals surface area contributed by atoms with Crippen molar-refractivity contribution in [3.8, 4) is 17.2 Å². The highest BCUT2D eigenvalue weighted by Crippen LogP contribution is 2.34. The molecule has 0 saturated heterocycles. The van der Waals surface area contributed by atoms with E-state index >= 15 is 0 Å². The van der Waals surface area contributed by atoms with E-state index in [-0.39, 0.29) is 18.4 Å². The molecule has 0 saturated carbocycles. The predicted octanol–water partition coefficient (Wildman–Crippen LogP) is 0.692. The first-order valence-electron chi connectivity index (χ1n) is 6.88. The lowest BCUT2D eigenvalue weighted by atomic mass is 10.1. The summed E-state index contributed by atoms with van der Waals surface area (Å²) in [5.41, 5.74) is 6.29. The highest BCUT2D eigenvalue weighted by molar-refractivity contribution is 5.76. The predicted molar refractivity (Wildman–Crippen MR) is 82.4 cm³/mol. The average Bonchev–Trinajstić information content (AvgIpc) is 2.56. The van der Waals surface area contributed by atoms with E-state index in [4.69, 9.17) is 24.7 Å². The summed E-state index contributed by atoms with van der Waals surface area (Å²) in [5.74, 6) is 1.61. The molecule has 0 aliphatic carbocycles. The number of benzene rings is 1. The van der Waals surface area contributed by atoms with Crippen molar-refractivity contribution in [2.24, 2.45) is 5.73 Å². The van der Waals surface area contributed by atoms with E-state index in [2.05, 4.69) is 5.32 Å². The maximum atomic E-state index is 11.9. The Hall–Kier alpha value is -1.99. The van der Waals surface area contributed by atoms with Crippen molar-refractivity contribution < 1.29 is 23.7 Å². The smallest absolute Gasteiger partial charge is 0.222 e. The van der Waals surface area contributed by atoms with Gasteiger partial charge in [0.05, 0.1) is 33.9 Å². The van der Waals surface area contributed by atoms with Gasteiger partial charge in [0.2, 0.25) is 5.91 Å². The van der Waals surface area contributed by atoms with Gasteiger partial charge in [0.25, 0.3) is 0 Å². The fourth-order valence-corrected chi connectivity index (χ4v) is 1.97. The average molecular weight is 312 g/mol. The lowest BCUT2D eigenvalue weighted by Gasteiger charge is -2.16. The van der Waals surface area contributed by atoms with Gasteiger partial charge in [0.1, 0.15) is 5.75 Å². The number of carbonyl (C=O) groups is 1. The molecule has 1 amide bonds. The second kappa shape index (κ2) is 9.11. The van der Waals surface area contributed by atoms with Crippen molar-refractivity contribution in [1.82, 2.24) is 5.32 Å². The second-order valence-corrected chi connectivity index (χ2v) is 4.59. The lowest BCUT2D eigenvalue weighted by Crippen LogP contribution is -2.32. The summed E-state index contributed by atoms with van der Waals surface area (Å²) >= 11 is 0. The molecule has 0 bridgehead atoms. The third kappa shape index (κ3) is 4.78. The summed E-state index contributed by atoms with van der Waals surface area (Å²) in [7, 11) is 6.19. The maximum absolute atomic E-state index is 11.9. The number of carbonyl (C=O) groups excluding carboxylic acids is 1. The summed E-state index contributed by atoms with van der Waals surface area (Å²) in [4.78, 5) is 11.9. The Kier molecular flexibility index (Phi) is 7.48. The summed E-state index contributed by atoms with van der Waals surface area (Å²) in [6.45, 7) is 0.604. The van der Waals surface area contributed by atoms with Crippen LogP contribution in [0.4, 0.5) is 0 Å². The first-order valence-corrected chi connectivity index (χ1v) is 6.88. The number of nitrogens with one attached hydrogen (secondary N) is 1. The van der Waals surface area contributed by atoms with Gasteiger partial charge in [0.15, 0.2) is 11.5 Å². The minimum absolute atomic E-state index is 0.144. The lowest BCUT2D eigenvalue weighted by molar-refractivity contribution is -0.123. The van der Waals surface area contributed by atoms with Crippen molar-refractivity contribution in [3.63, 3.8) is 0 Å². The molecule has 0 fully saturated rings. The molecule has 0 radical (unpaired) electrons. The van der Waals surface area contributed by atoms with Crippen molar-refractivity contribution in [3.05, 3.63) is 17.7 Å². The molecule has 7 heteroatoms. The van der Waals surface area contributed by atoms with Crippen molar-refractivity contribution in [1.29, 1.82) is 0 Å². The summed E-state index contributed by atoms with van der Waals surface area (Å²) < 4.78 is 20.9. The number of methoxy groups -OCH3 is 4. The molecule has 3 N–H and O–H groups in total. The van der Waals surface area contributed by atoms with Gasteiger partial charge in [-0.05, 0) is 6.07 Å². The molecule has 7 nitrogen and oxygen atoms in total. The molecule has 0 aliphatic rings. The Morgan fingerprint density at radius 1 is 1.09 bits per heavy atom. The zero-order chi connectivity index (χ0) is 16.5. The van der Waals surface area contributed by atoms with Crippen LogP contribution in [0.2, 0.25) is 0 Å². The van der Waals surface area contributed by atoms with E-state index in [1.54, 1.807) is 33.5 Å². The number of amides is 1. The van der Waals surface area contributed by atoms with Gasteiger partial charge >= 0.3 is 0 Å². The first-order chi connectivity index (χ1) is 10.6.